The second kappa shape index (κ2) is 5.99. The molecule has 1 N–H and O–H groups in total. The van der Waals surface area contributed by atoms with Crippen LogP contribution < -0.4 is 0 Å². The van der Waals surface area contributed by atoms with Gasteiger partial charge in [0.05, 0.1) is 0 Å². The smallest absolute Gasteiger partial charge is 0.324 e. The quantitative estimate of drug-likeness (QED) is 0.590. The Morgan fingerprint density at radius 3 is 2.48 bits per heavy atom. The van der Waals surface area contributed by atoms with Crippen LogP contribution in [0.25, 0.3) is 0 Å². The monoisotopic (exact) mass is 348 g/mol. The van der Waals surface area contributed by atoms with Crippen LogP contribution in [-0.2, 0) is 14.3 Å². The molecule has 2 bridgehead atoms. The Bertz CT molecular complexity index is 564. The number of carbonyl (C=O) groups excluding carboxylic acids is 1. The first-order valence-electron chi connectivity index (χ1n) is 10.4. The molecule has 4 heteroatoms. The van der Waals surface area contributed by atoms with Gasteiger partial charge in [0.2, 0.25) is 0 Å². The van der Waals surface area contributed by atoms with Crippen molar-refractivity contribution in [2.45, 2.75) is 83.7 Å². The molecule has 4 rings (SSSR count). The lowest BCUT2D eigenvalue weighted by molar-refractivity contribution is -0.195. The topological polar surface area (TPSA) is 63.6 Å². The van der Waals surface area contributed by atoms with Crippen molar-refractivity contribution >= 4 is 11.9 Å². The first-order chi connectivity index (χ1) is 11.9. The number of ether oxygens (including phenoxy) is 1. The zero-order valence-electron chi connectivity index (χ0n) is 15.6. The molecule has 4 nitrogen and oxygen atoms in total. The van der Waals surface area contributed by atoms with Crippen LogP contribution in [0.3, 0.4) is 0 Å². The van der Waals surface area contributed by atoms with Crippen LogP contribution >= 0.6 is 0 Å². The van der Waals surface area contributed by atoms with Gasteiger partial charge in [-0.1, -0.05) is 33.1 Å². The number of esters is 1. The molecule has 0 aromatic rings. The summed E-state index contributed by atoms with van der Waals surface area (Å²) in [5.41, 5.74) is -1.69. The van der Waals surface area contributed by atoms with Crippen LogP contribution in [0, 0.1) is 35.0 Å². The van der Waals surface area contributed by atoms with Gasteiger partial charge in [0.15, 0.2) is 5.41 Å². The second-order valence-electron chi connectivity index (χ2n) is 9.31. The van der Waals surface area contributed by atoms with Gasteiger partial charge >= 0.3 is 11.9 Å². The van der Waals surface area contributed by atoms with E-state index in [2.05, 4.69) is 13.8 Å². The zero-order valence-corrected chi connectivity index (χ0v) is 15.6. The number of fused-ring (bicyclic) bond motifs is 5. The molecule has 0 spiro atoms. The van der Waals surface area contributed by atoms with Crippen molar-refractivity contribution in [1.82, 2.24) is 0 Å². The van der Waals surface area contributed by atoms with Crippen LogP contribution in [0.5, 0.6) is 0 Å². The number of carbonyl (C=O) groups is 2. The van der Waals surface area contributed by atoms with Gasteiger partial charge in [-0.3, -0.25) is 9.59 Å². The summed E-state index contributed by atoms with van der Waals surface area (Å²) in [5.74, 6) is 1.57. The Kier molecular flexibility index (Phi) is 4.16. The molecule has 0 amide bonds. The first-order valence-corrected chi connectivity index (χ1v) is 10.4. The fourth-order valence-corrected chi connectivity index (χ4v) is 7.02. The van der Waals surface area contributed by atoms with Crippen molar-refractivity contribution in [3.8, 4) is 0 Å². The molecule has 4 aliphatic carbocycles. The molecule has 6 unspecified atom stereocenters. The summed E-state index contributed by atoms with van der Waals surface area (Å²) >= 11 is 0. The van der Waals surface area contributed by atoms with Crippen molar-refractivity contribution in [2.24, 2.45) is 35.0 Å². The Balaban J connectivity index is 1.63. The predicted molar refractivity (Wildman–Crippen MR) is 93.9 cm³/mol. The van der Waals surface area contributed by atoms with Gasteiger partial charge in [-0.15, -0.1) is 0 Å². The third-order valence-corrected chi connectivity index (χ3v) is 8.50. The predicted octanol–water partition coefficient (Wildman–Crippen LogP) is 4.42. The van der Waals surface area contributed by atoms with Gasteiger partial charge in [-0.2, -0.15) is 0 Å². The highest BCUT2D eigenvalue weighted by molar-refractivity contribution is 5.99. The van der Waals surface area contributed by atoms with Crippen LogP contribution in [-0.4, -0.2) is 22.6 Å². The fraction of sp³-hybridized carbons (Fsp3) is 0.905. The highest BCUT2D eigenvalue weighted by Gasteiger charge is 2.65. The van der Waals surface area contributed by atoms with Gasteiger partial charge < -0.3 is 9.84 Å². The Hall–Kier alpha value is -1.06. The van der Waals surface area contributed by atoms with Crippen LogP contribution in [0.1, 0.15) is 78.1 Å². The Morgan fingerprint density at radius 1 is 1.16 bits per heavy atom. The number of aliphatic carboxylic acids is 1. The number of rotatable bonds is 5. The van der Waals surface area contributed by atoms with E-state index in [1.807, 2.05) is 0 Å². The molecule has 140 valence electrons. The number of hydrogen-bond donors (Lipinski definition) is 1. The molecule has 0 aliphatic heterocycles. The second-order valence-corrected chi connectivity index (χ2v) is 9.31. The van der Waals surface area contributed by atoms with E-state index in [1.165, 1.54) is 25.7 Å². The van der Waals surface area contributed by atoms with Gasteiger partial charge in [0.25, 0.3) is 0 Å². The van der Waals surface area contributed by atoms with Gasteiger partial charge in [0, 0.05) is 5.92 Å². The summed E-state index contributed by atoms with van der Waals surface area (Å²) < 4.78 is 6.32. The fourth-order valence-electron chi connectivity index (χ4n) is 7.02. The Morgan fingerprint density at radius 2 is 1.84 bits per heavy atom. The van der Waals surface area contributed by atoms with Crippen LogP contribution in [0.15, 0.2) is 0 Å². The summed E-state index contributed by atoms with van der Waals surface area (Å²) in [6.45, 7) is 4.38. The molecular formula is C21H32O4. The minimum atomic E-state index is -1.28. The average Bonchev–Trinajstić information content (AvgIpc) is 3.33. The van der Waals surface area contributed by atoms with Gasteiger partial charge in [-0.25, -0.2) is 0 Å². The normalized spacial score (nSPS) is 42.3. The van der Waals surface area contributed by atoms with Gasteiger partial charge in [-0.05, 0) is 68.6 Å². The van der Waals surface area contributed by atoms with Crippen LogP contribution in [0.2, 0.25) is 0 Å². The zero-order chi connectivity index (χ0) is 17.8. The summed E-state index contributed by atoms with van der Waals surface area (Å²) in [5, 5.41) is 9.77. The molecule has 4 saturated carbocycles. The SMILES string of the molecule is CCC(C)C1(OC(=O)C2(C(=O)O)CCCC2)CC2CC1C1CCCC21. The third-order valence-electron chi connectivity index (χ3n) is 8.50. The third kappa shape index (κ3) is 2.31. The summed E-state index contributed by atoms with van der Waals surface area (Å²) in [4.78, 5) is 25.1. The minimum Gasteiger partial charge on any atom is -0.480 e. The molecule has 25 heavy (non-hydrogen) atoms. The van der Waals surface area contributed by atoms with E-state index >= 15 is 0 Å². The van der Waals surface area contributed by atoms with Crippen molar-refractivity contribution < 1.29 is 19.4 Å². The maximum Gasteiger partial charge on any atom is 0.324 e. The standard InChI is InChI=1S/C21H32O4/c1-3-13(2)21(12-14-11-17(21)16-8-6-7-15(14)16)25-19(24)20(18(22)23)9-4-5-10-20/h13-17H,3-12H2,1-2H3,(H,22,23). The van der Waals surface area contributed by atoms with Gasteiger partial charge in [0.1, 0.15) is 5.60 Å². The van der Waals surface area contributed by atoms with E-state index in [0.29, 0.717) is 36.5 Å². The average molecular weight is 348 g/mol. The molecule has 6 atom stereocenters. The molecule has 0 radical (unpaired) electrons. The molecule has 0 saturated heterocycles. The molecule has 4 fully saturated rings. The summed E-state index contributed by atoms with van der Waals surface area (Å²) in [6, 6.07) is 0. The number of hydrogen-bond acceptors (Lipinski definition) is 3. The molecule has 0 aromatic heterocycles. The van der Waals surface area contributed by atoms with Crippen molar-refractivity contribution in [3.05, 3.63) is 0 Å². The van der Waals surface area contributed by atoms with E-state index in [4.69, 9.17) is 4.74 Å². The van der Waals surface area contributed by atoms with E-state index in [0.717, 1.165) is 31.6 Å². The molecular weight excluding hydrogens is 316 g/mol. The maximum atomic E-state index is 13.2. The maximum absolute atomic E-state index is 13.2. The lowest BCUT2D eigenvalue weighted by atomic mass is 9.67. The lowest BCUT2D eigenvalue weighted by Gasteiger charge is -2.47. The van der Waals surface area contributed by atoms with Crippen molar-refractivity contribution in [2.75, 3.05) is 0 Å². The molecule has 0 aromatic carbocycles. The molecule has 0 heterocycles. The van der Waals surface area contributed by atoms with Crippen LogP contribution in [0.4, 0.5) is 0 Å². The number of carboxylic acid groups (broad SMARTS) is 1. The Labute approximate surface area is 150 Å². The van der Waals surface area contributed by atoms with E-state index in [9.17, 15) is 14.7 Å². The van der Waals surface area contributed by atoms with Crippen molar-refractivity contribution in [3.63, 3.8) is 0 Å². The largest absolute Gasteiger partial charge is 0.480 e. The lowest BCUT2D eigenvalue weighted by Crippen LogP contribution is -2.53. The van der Waals surface area contributed by atoms with Crippen molar-refractivity contribution in [1.29, 1.82) is 0 Å². The summed E-state index contributed by atoms with van der Waals surface area (Å²) in [6.07, 6.45) is 9.57. The first kappa shape index (κ1) is 17.4. The van der Waals surface area contributed by atoms with E-state index in [-0.39, 0.29) is 0 Å². The highest BCUT2D eigenvalue weighted by Crippen LogP contribution is 2.65. The van der Waals surface area contributed by atoms with E-state index in [1.54, 1.807) is 0 Å². The van der Waals surface area contributed by atoms with E-state index < -0.39 is 23.0 Å². The minimum absolute atomic E-state index is 0.306. The number of carboxylic acids is 1. The summed E-state index contributed by atoms with van der Waals surface area (Å²) in [7, 11) is 0. The molecule has 4 aliphatic rings. The highest BCUT2D eigenvalue weighted by atomic mass is 16.6.